The van der Waals surface area contributed by atoms with Crippen LogP contribution in [-0.4, -0.2) is 72.4 Å². The highest BCUT2D eigenvalue weighted by Crippen LogP contribution is 2.24. The molecule has 6 nitrogen and oxygen atoms in total. The zero-order valence-electron chi connectivity index (χ0n) is 16.4. The molecule has 1 aromatic carbocycles. The quantitative estimate of drug-likeness (QED) is 0.878. The molecule has 2 saturated heterocycles. The molecule has 0 aliphatic carbocycles. The van der Waals surface area contributed by atoms with Crippen LogP contribution >= 0.6 is 0 Å². The molecule has 0 unspecified atom stereocenters. The summed E-state index contributed by atoms with van der Waals surface area (Å²) in [6.45, 7) is 5.91. The van der Waals surface area contributed by atoms with Crippen molar-refractivity contribution in [2.24, 2.45) is 0 Å². The molecule has 2 aromatic rings. The van der Waals surface area contributed by atoms with Gasteiger partial charge in [0.25, 0.3) is 5.91 Å². The molecule has 1 aromatic heterocycles. The average molecular weight is 384 g/mol. The van der Waals surface area contributed by atoms with Gasteiger partial charge in [-0.15, -0.1) is 0 Å². The fourth-order valence-electron chi connectivity index (χ4n) is 4.12. The SMILES string of the molecule is Cc1ccc(-c2cccc(C(=O)N3CCOC[C@](O)(CN4CCCC4)C3)c2)o1. The van der Waals surface area contributed by atoms with Crippen LogP contribution in [0.2, 0.25) is 0 Å². The zero-order valence-corrected chi connectivity index (χ0v) is 16.4. The molecular weight excluding hydrogens is 356 g/mol. The van der Waals surface area contributed by atoms with Crippen molar-refractivity contribution in [1.82, 2.24) is 9.80 Å². The van der Waals surface area contributed by atoms with Gasteiger partial charge in [-0.2, -0.15) is 0 Å². The summed E-state index contributed by atoms with van der Waals surface area (Å²) in [4.78, 5) is 17.2. The number of benzene rings is 1. The molecule has 0 spiro atoms. The molecule has 2 fully saturated rings. The monoisotopic (exact) mass is 384 g/mol. The van der Waals surface area contributed by atoms with Crippen LogP contribution in [-0.2, 0) is 4.74 Å². The molecule has 150 valence electrons. The van der Waals surface area contributed by atoms with Gasteiger partial charge in [0.15, 0.2) is 0 Å². The lowest BCUT2D eigenvalue weighted by molar-refractivity contribution is -0.0524. The molecule has 3 heterocycles. The van der Waals surface area contributed by atoms with Crippen LogP contribution in [0.1, 0.15) is 29.0 Å². The minimum atomic E-state index is -1.04. The number of amides is 1. The summed E-state index contributed by atoms with van der Waals surface area (Å²) < 4.78 is 11.3. The van der Waals surface area contributed by atoms with Crippen LogP contribution in [0.4, 0.5) is 0 Å². The predicted octanol–water partition coefficient (Wildman–Crippen LogP) is 2.55. The molecule has 2 aliphatic rings. The van der Waals surface area contributed by atoms with Gasteiger partial charge in [-0.3, -0.25) is 4.79 Å². The minimum absolute atomic E-state index is 0.0875. The second kappa shape index (κ2) is 8.07. The Morgan fingerprint density at radius 3 is 2.75 bits per heavy atom. The van der Waals surface area contributed by atoms with Gasteiger partial charge in [0, 0.05) is 24.2 Å². The maximum absolute atomic E-state index is 13.2. The third-order valence-electron chi connectivity index (χ3n) is 5.50. The summed E-state index contributed by atoms with van der Waals surface area (Å²) in [6.07, 6.45) is 2.33. The summed E-state index contributed by atoms with van der Waals surface area (Å²) >= 11 is 0. The Kier molecular flexibility index (Phi) is 5.53. The third kappa shape index (κ3) is 4.29. The van der Waals surface area contributed by atoms with E-state index in [1.165, 1.54) is 12.8 Å². The van der Waals surface area contributed by atoms with Gasteiger partial charge in [0.1, 0.15) is 17.1 Å². The van der Waals surface area contributed by atoms with Crippen molar-refractivity contribution >= 4 is 5.91 Å². The molecule has 4 rings (SSSR count). The summed E-state index contributed by atoms with van der Waals surface area (Å²) in [6, 6.07) is 11.3. The number of furan rings is 1. The van der Waals surface area contributed by atoms with Crippen LogP contribution in [0.25, 0.3) is 11.3 Å². The van der Waals surface area contributed by atoms with E-state index in [9.17, 15) is 9.90 Å². The molecule has 1 amide bonds. The van der Waals surface area contributed by atoms with E-state index in [-0.39, 0.29) is 19.1 Å². The second-order valence-electron chi connectivity index (χ2n) is 7.98. The van der Waals surface area contributed by atoms with Crippen molar-refractivity contribution in [3.8, 4) is 11.3 Å². The van der Waals surface area contributed by atoms with Gasteiger partial charge in [0.2, 0.25) is 0 Å². The fourth-order valence-corrected chi connectivity index (χ4v) is 4.12. The van der Waals surface area contributed by atoms with Crippen molar-refractivity contribution in [2.45, 2.75) is 25.4 Å². The molecular formula is C22H28N2O4. The van der Waals surface area contributed by atoms with Crippen molar-refractivity contribution in [3.63, 3.8) is 0 Å². The zero-order chi connectivity index (χ0) is 19.6. The largest absolute Gasteiger partial charge is 0.461 e. The van der Waals surface area contributed by atoms with E-state index < -0.39 is 5.60 Å². The maximum Gasteiger partial charge on any atom is 0.254 e. The van der Waals surface area contributed by atoms with Crippen LogP contribution in [0.5, 0.6) is 0 Å². The van der Waals surface area contributed by atoms with Gasteiger partial charge in [-0.1, -0.05) is 12.1 Å². The van der Waals surface area contributed by atoms with Crippen LogP contribution in [0, 0.1) is 6.92 Å². The number of hydrogen-bond donors (Lipinski definition) is 1. The Morgan fingerprint density at radius 1 is 1.18 bits per heavy atom. The van der Waals surface area contributed by atoms with E-state index in [0.717, 1.165) is 30.2 Å². The summed E-state index contributed by atoms with van der Waals surface area (Å²) in [5.41, 5.74) is 0.431. The highest BCUT2D eigenvalue weighted by atomic mass is 16.5. The van der Waals surface area contributed by atoms with E-state index in [1.54, 1.807) is 4.90 Å². The van der Waals surface area contributed by atoms with Gasteiger partial charge in [-0.05, 0) is 57.1 Å². The lowest BCUT2D eigenvalue weighted by Gasteiger charge is -2.34. The molecule has 0 radical (unpaired) electrons. The van der Waals surface area contributed by atoms with E-state index in [2.05, 4.69) is 4.90 Å². The number of aliphatic hydroxyl groups is 1. The van der Waals surface area contributed by atoms with Gasteiger partial charge < -0.3 is 24.1 Å². The van der Waals surface area contributed by atoms with E-state index in [0.29, 0.717) is 25.3 Å². The maximum atomic E-state index is 13.2. The van der Waals surface area contributed by atoms with Crippen LogP contribution in [0.15, 0.2) is 40.8 Å². The van der Waals surface area contributed by atoms with Crippen LogP contribution < -0.4 is 0 Å². The first-order valence-electron chi connectivity index (χ1n) is 10.0. The van der Waals surface area contributed by atoms with Gasteiger partial charge >= 0.3 is 0 Å². The number of carbonyl (C=O) groups is 1. The Labute approximate surface area is 165 Å². The number of aryl methyl sites for hydroxylation is 1. The summed E-state index contributed by atoms with van der Waals surface area (Å²) in [5.74, 6) is 1.50. The number of ether oxygens (including phenoxy) is 1. The normalized spacial score (nSPS) is 23.7. The summed E-state index contributed by atoms with van der Waals surface area (Å²) in [7, 11) is 0. The smallest absolute Gasteiger partial charge is 0.254 e. The van der Waals surface area contributed by atoms with E-state index in [1.807, 2.05) is 43.3 Å². The molecule has 0 bridgehead atoms. The minimum Gasteiger partial charge on any atom is -0.461 e. The van der Waals surface area contributed by atoms with Gasteiger partial charge in [0.05, 0.1) is 19.8 Å². The third-order valence-corrected chi connectivity index (χ3v) is 5.50. The number of β-amino-alcohol motifs (C(OH)–C–C–N with tert-alkyl or cyclic N) is 1. The first kappa shape index (κ1) is 19.2. The first-order chi connectivity index (χ1) is 13.5. The lowest BCUT2D eigenvalue weighted by atomic mass is 10.0. The molecule has 28 heavy (non-hydrogen) atoms. The lowest BCUT2D eigenvalue weighted by Crippen LogP contribution is -2.53. The molecule has 6 heteroatoms. The Bertz CT molecular complexity index is 827. The highest BCUT2D eigenvalue weighted by Gasteiger charge is 2.36. The highest BCUT2D eigenvalue weighted by molar-refractivity contribution is 5.95. The van der Waals surface area contributed by atoms with E-state index in [4.69, 9.17) is 9.15 Å². The standard InChI is InChI=1S/C22H28N2O4/c1-17-7-8-20(28-17)18-5-4-6-19(13-18)21(25)24-11-12-27-16-22(26,15-24)14-23-9-2-3-10-23/h4-8,13,26H,2-3,9-12,14-16H2,1H3/t22-/m0/s1. The number of nitrogens with zero attached hydrogens (tertiary/aromatic N) is 2. The molecule has 1 N–H and O–H groups in total. The first-order valence-corrected chi connectivity index (χ1v) is 10.0. The summed E-state index contributed by atoms with van der Waals surface area (Å²) in [5, 5.41) is 11.1. The van der Waals surface area contributed by atoms with Crippen molar-refractivity contribution < 1.29 is 19.1 Å². The van der Waals surface area contributed by atoms with E-state index >= 15 is 0 Å². The molecule has 1 atom stereocenters. The Hall–Kier alpha value is -2.15. The van der Waals surface area contributed by atoms with Crippen molar-refractivity contribution in [2.75, 3.05) is 45.9 Å². The van der Waals surface area contributed by atoms with Crippen LogP contribution in [0.3, 0.4) is 0 Å². The average Bonchev–Trinajstić information content (AvgIpc) is 3.31. The Morgan fingerprint density at radius 2 is 2.00 bits per heavy atom. The number of carbonyl (C=O) groups excluding carboxylic acids is 1. The van der Waals surface area contributed by atoms with Crippen molar-refractivity contribution in [1.29, 1.82) is 0 Å². The Balaban J connectivity index is 1.51. The number of likely N-dealkylation sites (tertiary alicyclic amines) is 1. The number of hydrogen-bond acceptors (Lipinski definition) is 5. The number of rotatable bonds is 4. The predicted molar refractivity (Wildman–Crippen MR) is 106 cm³/mol. The van der Waals surface area contributed by atoms with Gasteiger partial charge in [-0.25, -0.2) is 0 Å². The molecule has 2 aliphatic heterocycles. The van der Waals surface area contributed by atoms with Crippen molar-refractivity contribution in [3.05, 3.63) is 47.7 Å². The second-order valence-corrected chi connectivity index (χ2v) is 7.98. The molecule has 0 saturated carbocycles. The fraction of sp³-hybridized carbons (Fsp3) is 0.500. The topological polar surface area (TPSA) is 66.2 Å².